The third-order valence-electron chi connectivity index (χ3n) is 4.24. The van der Waals surface area contributed by atoms with Crippen molar-refractivity contribution in [2.45, 2.75) is 13.0 Å². The number of halogens is 1. The number of allylic oxidation sites excluding steroid dienone is 1. The molecule has 1 atom stereocenters. The number of nitrogens with zero attached hydrogens (tertiary/aromatic N) is 1. The second-order valence-corrected chi connectivity index (χ2v) is 6.47. The van der Waals surface area contributed by atoms with Crippen LogP contribution in [0.3, 0.4) is 0 Å². The van der Waals surface area contributed by atoms with Crippen LogP contribution < -0.4 is 20.8 Å². The number of methoxy groups -OCH3 is 1. The van der Waals surface area contributed by atoms with Crippen LogP contribution in [0.5, 0.6) is 5.75 Å². The van der Waals surface area contributed by atoms with E-state index in [2.05, 4.69) is 21.2 Å². The average molecular weight is 399 g/mol. The van der Waals surface area contributed by atoms with Crippen molar-refractivity contribution in [3.8, 4) is 5.75 Å². The summed E-state index contributed by atoms with van der Waals surface area (Å²) in [5.41, 5.74) is 4.73. The van der Waals surface area contributed by atoms with E-state index in [0.29, 0.717) is 27.6 Å². The summed E-state index contributed by atoms with van der Waals surface area (Å²) < 4.78 is 5.16. The number of hydrazone groups is 1. The molecule has 0 saturated carbocycles. The molecule has 0 unspecified atom stereocenters. The largest absolute Gasteiger partial charge is 0.497 e. The molecule has 1 heterocycles. The topological polar surface area (TPSA) is 91.8 Å². The quantitative estimate of drug-likeness (QED) is 0.533. The summed E-state index contributed by atoms with van der Waals surface area (Å²) in [6.45, 7) is 1.67. The lowest BCUT2D eigenvalue weighted by molar-refractivity contribution is -0.117. The molecule has 3 amide bonds. The van der Waals surface area contributed by atoms with Crippen LogP contribution in [0.1, 0.15) is 24.1 Å². The van der Waals surface area contributed by atoms with E-state index in [1.54, 1.807) is 50.4 Å². The molecule has 7 nitrogen and oxygen atoms in total. The van der Waals surface area contributed by atoms with Gasteiger partial charge in [0, 0.05) is 16.3 Å². The maximum Gasteiger partial charge on any atom is 0.319 e. The molecule has 2 aromatic rings. The van der Waals surface area contributed by atoms with Gasteiger partial charge in [-0.25, -0.2) is 10.2 Å². The van der Waals surface area contributed by atoms with E-state index in [1.807, 2.05) is 12.1 Å². The molecule has 1 aliphatic rings. The Bertz CT molecular complexity index is 954. The third-order valence-corrected chi connectivity index (χ3v) is 4.58. The Labute approximate surface area is 167 Å². The zero-order chi connectivity index (χ0) is 20.1. The van der Waals surface area contributed by atoms with Gasteiger partial charge in [-0.05, 0) is 30.7 Å². The fourth-order valence-corrected chi connectivity index (χ4v) is 3.03. The number of hydrogen-bond donors (Lipinski definition) is 3. The smallest absolute Gasteiger partial charge is 0.319 e. The number of hydrogen-bond acceptors (Lipinski definition) is 4. The molecule has 8 heteroatoms. The molecule has 0 aliphatic carbocycles. The van der Waals surface area contributed by atoms with Gasteiger partial charge in [-0.1, -0.05) is 41.9 Å². The lowest BCUT2D eigenvalue weighted by Crippen LogP contribution is -2.46. The molecule has 0 aromatic heterocycles. The first kappa shape index (κ1) is 19.4. The van der Waals surface area contributed by atoms with Crippen molar-refractivity contribution < 1.29 is 14.3 Å². The average Bonchev–Trinajstić information content (AvgIpc) is 2.69. The maximum atomic E-state index is 12.8. The van der Waals surface area contributed by atoms with Crippen LogP contribution in [-0.2, 0) is 4.79 Å². The van der Waals surface area contributed by atoms with Gasteiger partial charge in [0.1, 0.15) is 5.75 Å². The summed E-state index contributed by atoms with van der Waals surface area (Å²) >= 11 is 6.07. The first-order chi connectivity index (χ1) is 13.5. The van der Waals surface area contributed by atoms with Crippen LogP contribution in [0.2, 0.25) is 5.02 Å². The van der Waals surface area contributed by atoms with E-state index in [4.69, 9.17) is 16.3 Å². The number of amides is 3. The van der Waals surface area contributed by atoms with Gasteiger partial charge in [0.05, 0.1) is 24.9 Å². The maximum absolute atomic E-state index is 12.8. The van der Waals surface area contributed by atoms with Gasteiger partial charge >= 0.3 is 6.03 Å². The first-order valence-corrected chi connectivity index (χ1v) is 8.87. The number of carbonyl (C=O) groups excluding carboxylic acids is 2. The molecule has 0 saturated heterocycles. The fraction of sp³-hybridized carbons (Fsp3) is 0.150. The molecule has 0 fully saturated rings. The van der Waals surface area contributed by atoms with Crippen molar-refractivity contribution in [3.05, 3.63) is 76.0 Å². The molecule has 3 rings (SSSR count). The number of benzene rings is 2. The lowest BCUT2D eigenvalue weighted by atomic mass is 9.95. The highest BCUT2D eigenvalue weighted by Gasteiger charge is 2.31. The second kappa shape index (κ2) is 8.58. The predicted octanol–water partition coefficient (Wildman–Crippen LogP) is 3.13. The van der Waals surface area contributed by atoms with Gasteiger partial charge in [-0.2, -0.15) is 5.10 Å². The van der Waals surface area contributed by atoms with Crippen LogP contribution in [0.25, 0.3) is 0 Å². The molecule has 2 aromatic carbocycles. The van der Waals surface area contributed by atoms with Crippen LogP contribution in [-0.4, -0.2) is 25.3 Å². The van der Waals surface area contributed by atoms with E-state index in [9.17, 15) is 9.59 Å². The zero-order valence-corrected chi connectivity index (χ0v) is 16.1. The Morgan fingerprint density at radius 3 is 2.61 bits per heavy atom. The Morgan fingerprint density at radius 1 is 1.21 bits per heavy atom. The Kier molecular flexibility index (Phi) is 5.96. The number of carbonyl (C=O) groups is 2. The predicted molar refractivity (Wildman–Crippen MR) is 107 cm³/mol. The molecular weight excluding hydrogens is 380 g/mol. The van der Waals surface area contributed by atoms with Gasteiger partial charge in [0.15, 0.2) is 0 Å². The number of ether oxygens (including phenoxy) is 1. The fourth-order valence-electron chi connectivity index (χ4n) is 2.84. The van der Waals surface area contributed by atoms with Crippen molar-refractivity contribution in [3.63, 3.8) is 0 Å². The lowest BCUT2D eigenvalue weighted by Gasteiger charge is -2.28. The first-order valence-electron chi connectivity index (χ1n) is 8.49. The van der Waals surface area contributed by atoms with Crippen LogP contribution in [0, 0.1) is 0 Å². The highest BCUT2D eigenvalue weighted by molar-refractivity contribution is 6.33. The zero-order valence-electron chi connectivity index (χ0n) is 15.3. The van der Waals surface area contributed by atoms with E-state index in [0.717, 1.165) is 5.56 Å². The summed E-state index contributed by atoms with van der Waals surface area (Å²) in [5, 5.41) is 9.90. The standard InChI is InChI=1S/C20H19ClN4O3/c1-12-17(19(26)25-22-11-14-5-3-4-6-16(14)21)18(24-20(27)23-12)13-7-9-15(28-2)10-8-13/h3-11,18H,1-2H3,(H,25,26)(H2,23,24,27)/b22-11-/t18-/m0/s1. The Morgan fingerprint density at radius 2 is 1.93 bits per heavy atom. The monoisotopic (exact) mass is 398 g/mol. The molecule has 0 radical (unpaired) electrons. The molecular formula is C20H19ClN4O3. The highest BCUT2D eigenvalue weighted by Crippen LogP contribution is 2.28. The molecule has 0 spiro atoms. The summed E-state index contributed by atoms with van der Waals surface area (Å²) in [5.74, 6) is 0.245. The Hall–Kier alpha value is -3.32. The van der Waals surface area contributed by atoms with E-state index < -0.39 is 11.9 Å². The number of rotatable bonds is 5. The van der Waals surface area contributed by atoms with Crippen molar-refractivity contribution >= 4 is 29.8 Å². The van der Waals surface area contributed by atoms with Crippen LogP contribution >= 0.6 is 11.6 Å². The molecule has 3 N–H and O–H groups in total. The van der Waals surface area contributed by atoms with E-state index >= 15 is 0 Å². The van der Waals surface area contributed by atoms with Gasteiger partial charge in [-0.3, -0.25) is 4.79 Å². The van der Waals surface area contributed by atoms with E-state index in [1.165, 1.54) is 6.21 Å². The number of urea groups is 1. The van der Waals surface area contributed by atoms with Crippen LogP contribution in [0.15, 0.2) is 64.9 Å². The van der Waals surface area contributed by atoms with Gasteiger partial charge in [0.25, 0.3) is 5.91 Å². The molecule has 28 heavy (non-hydrogen) atoms. The van der Waals surface area contributed by atoms with Gasteiger partial charge in [-0.15, -0.1) is 0 Å². The van der Waals surface area contributed by atoms with Gasteiger partial charge < -0.3 is 15.4 Å². The summed E-state index contributed by atoms with van der Waals surface area (Å²) in [7, 11) is 1.57. The van der Waals surface area contributed by atoms with Crippen molar-refractivity contribution in [2.75, 3.05) is 7.11 Å². The SMILES string of the molecule is COc1ccc([C@@H]2NC(=O)NC(C)=C2C(=O)N/N=C\c2ccccc2Cl)cc1. The minimum atomic E-state index is -0.616. The Balaban J connectivity index is 1.83. The van der Waals surface area contributed by atoms with Gasteiger partial charge in [0.2, 0.25) is 0 Å². The van der Waals surface area contributed by atoms with Crippen molar-refractivity contribution in [1.82, 2.24) is 16.1 Å². The minimum absolute atomic E-state index is 0.362. The normalized spacial score (nSPS) is 16.5. The highest BCUT2D eigenvalue weighted by atomic mass is 35.5. The van der Waals surface area contributed by atoms with Crippen LogP contribution in [0.4, 0.5) is 4.79 Å². The van der Waals surface area contributed by atoms with Crippen molar-refractivity contribution in [2.24, 2.45) is 5.10 Å². The second-order valence-electron chi connectivity index (χ2n) is 6.06. The molecule has 0 bridgehead atoms. The van der Waals surface area contributed by atoms with E-state index in [-0.39, 0.29) is 6.03 Å². The third kappa shape index (κ3) is 4.32. The molecule has 1 aliphatic heterocycles. The summed E-state index contributed by atoms with van der Waals surface area (Å²) in [4.78, 5) is 24.7. The van der Waals surface area contributed by atoms with Crippen molar-refractivity contribution in [1.29, 1.82) is 0 Å². The minimum Gasteiger partial charge on any atom is -0.497 e. The summed E-state index contributed by atoms with van der Waals surface area (Å²) in [6, 6.07) is 13.3. The number of nitrogens with one attached hydrogen (secondary N) is 3. The molecule has 144 valence electrons. The summed E-state index contributed by atoms with van der Waals surface area (Å²) in [6.07, 6.45) is 1.47.